The molecule has 1 atom stereocenters. The SMILES string of the molecule is CC(Cn1cccn1)NC(=O)N1CC=C(c2ccc(O)cc2)CC1. The zero-order chi connectivity index (χ0) is 16.9. The normalized spacial score (nSPS) is 15.7. The Morgan fingerprint density at radius 1 is 1.38 bits per heavy atom. The maximum absolute atomic E-state index is 12.3. The van der Waals surface area contributed by atoms with Gasteiger partial charge >= 0.3 is 6.03 Å². The number of urea groups is 1. The van der Waals surface area contributed by atoms with E-state index in [0.717, 1.165) is 12.0 Å². The summed E-state index contributed by atoms with van der Waals surface area (Å²) in [6.45, 7) is 3.91. The van der Waals surface area contributed by atoms with E-state index in [-0.39, 0.29) is 17.8 Å². The zero-order valence-electron chi connectivity index (χ0n) is 13.7. The van der Waals surface area contributed by atoms with Gasteiger partial charge in [0.1, 0.15) is 5.75 Å². The van der Waals surface area contributed by atoms with E-state index in [1.165, 1.54) is 5.57 Å². The molecule has 1 unspecified atom stereocenters. The number of benzene rings is 1. The minimum absolute atomic E-state index is 0.0138. The van der Waals surface area contributed by atoms with Gasteiger partial charge in [-0.15, -0.1) is 0 Å². The third-order valence-electron chi connectivity index (χ3n) is 4.12. The molecule has 1 aromatic carbocycles. The topological polar surface area (TPSA) is 70.4 Å². The summed E-state index contributed by atoms with van der Waals surface area (Å²) in [5.74, 6) is 0.266. The first kappa shape index (κ1) is 16.1. The summed E-state index contributed by atoms with van der Waals surface area (Å²) in [6.07, 6.45) is 6.50. The lowest BCUT2D eigenvalue weighted by atomic mass is 9.99. The van der Waals surface area contributed by atoms with E-state index < -0.39 is 0 Å². The van der Waals surface area contributed by atoms with Gasteiger partial charge in [0.15, 0.2) is 0 Å². The van der Waals surface area contributed by atoms with Crippen molar-refractivity contribution in [3.63, 3.8) is 0 Å². The van der Waals surface area contributed by atoms with Crippen LogP contribution in [0.3, 0.4) is 0 Å². The van der Waals surface area contributed by atoms with Crippen molar-refractivity contribution in [2.45, 2.75) is 25.9 Å². The van der Waals surface area contributed by atoms with Gasteiger partial charge in [0, 0.05) is 31.5 Å². The van der Waals surface area contributed by atoms with Crippen molar-refractivity contribution in [2.24, 2.45) is 0 Å². The molecule has 0 fully saturated rings. The number of carbonyl (C=O) groups excluding carboxylic acids is 1. The van der Waals surface area contributed by atoms with E-state index in [1.54, 1.807) is 18.3 Å². The highest BCUT2D eigenvalue weighted by Gasteiger charge is 2.19. The van der Waals surface area contributed by atoms with Gasteiger partial charge in [-0.3, -0.25) is 4.68 Å². The molecule has 24 heavy (non-hydrogen) atoms. The largest absolute Gasteiger partial charge is 0.508 e. The summed E-state index contributed by atoms with van der Waals surface area (Å²) in [5.41, 5.74) is 2.31. The van der Waals surface area contributed by atoms with E-state index in [0.29, 0.717) is 19.6 Å². The van der Waals surface area contributed by atoms with Crippen molar-refractivity contribution >= 4 is 11.6 Å². The second kappa shape index (κ2) is 7.21. The Bertz CT molecular complexity index is 707. The predicted molar refractivity (Wildman–Crippen MR) is 92.5 cm³/mol. The number of amides is 2. The minimum atomic E-state index is -0.0457. The fraction of sp³-hybridized carbons (Fsp3) is 0.333. The number of rotatable bonds is 4. The van der Waals surface area contributed by atoms with Gasteiger partial charge in [-0.2, -0.15) is 5.10 Å². The monoisotopic (exact) mass is 326 g/mol. The predicted octanol–water partition coefficient (Wildman–Crippen LogP) is 2.48. The smallest absolute Gasteiger partial charge is 0.317 e. The molecule has 1 aromatic heterocycles. The molecular formula is C18H22N4O2. The average molecular weight is 326 g/mol. The summed E-state index contributed by atoms with van der Waals surface area (Å²) in [4.78, 5) is 14.2. The lowest BCUT2D eigenvalue weighted by Crippen LogP contribution is -2.46. The van der Waals surface area contributed by atoms with Crippen molar-refractivity contribution in [3.05, 3.63) is 54.4 Å². The quantitative estimate of drug-likeness (QED) is 0.907. The van der Waals surface area contributed by atoms with Crippen LogP contribution in [-0.2, 0) is 6.54 Å². The first-order valence-electron chi connectivity index (χ1n) is 8.13. The van der Waals surface area contributed by atoms with E-state index in [2.05, 4.69) is 16.5 Å². The summed E-state index contributed by atoms with van der Waals surface area (Å²) in [5, 5.41) is 16.5. The van der Waals surface area contributed by atoms with Gasteiger partial charge < -0.3 is 15.3 Å². The lowest BCUT2D eigenvalue weighted by molar-refractivity contribution is 0.198. The van der Waals surface area contributed by atoms with Crippen LogP contribution in [0.2, 0.25) is 0 Å². The molecule has 6 heteroatoms. The molecule has 0 saturated heterocycles. The number of aromatic nitrogens is 2. The maximum Gasteiger partial charge on any atom is 0.317 e. The van der Waals surface area contributed by atoms with E-state index in [9.17, 15) is 9.90 Å². The lowest BCUT2D eigenvalue weighted by Gasteiger charge is -2.28. The van der Waals surface area contributed by atoms with Gasteiger partial charge in [-0.25, -0.2) is 4.79 Å². The summed E-state index contributed by atoms with van der Waals surface area (Å²) in [6, 6.07) is 9.02. The molecule has 3 rings (SSSR count). The molecule has 2 aromatic rings. The molecule has 2 N–H and O–H groups in total. The fourth-order valence-corrected chi connectivity index (χ4v) is 2.83. The minimum Gasteiger partial charge on any atom is -0.508 e. The molecular weight excluding hydrogens is 304 g/mol. The van der Waals surface area contributed by atoms with Crippen LogP contribution in [0, 0.1) is 0 Å². The molecule has 0 bridgehead atoms. The van der Waals surface area contributed by atoms with E-state index >= 15 is 0 Å². The van der Waals surface area contributed by atoms with Crippen LogP contribution in [0.25, 0.3) is 5.57 Å². The van der Waals surface area contributed by atoms with Crippen molar-refractivity contribution in [2.75, 3.05) is 13.1 Å². The molecule has 6 nitrogen and oxygen atoms in total. The van der Waals surface area contributed by atoms with Crippen molar-refractivity contribution in [3.8, 4) is 5.75 Å². The van der Waals surface area contributed by atoms with Crippen LogP contribution in [0.15, 0.2) is 48.8 Å². The Morgan fingerprint density at radius 3 is 2.79 bits per heavy atom. The van der Waals surface area contributed by atoms with E-state index in [4.69, 9.17) is 0 Å². The second-order valence-electron chi connectivity index (χ2n) is 6.05. The molecule has 2 amide bonds. The van der Waals surface area contributed by atoms with Crippen LogP contribution in [0.1, 0.15) is 18.9 Å². The number of hydrogen-bond donors (Lipinski definition) is 2. The number of phenols is 1. The highest BCUT2D eigenvalue weighted by molar-refractivity contribution is 5.77. The average Bonchev–Trinajstić information content (AvgIpc) is 3.08. The Morgan fingerprint density at radius 2 is 2.17 bits per heavy atom. The van der Waals surface area contributed by atoms with Gasteiger partial charge in [0.25, 0.3) is 0 Å². The van der Waals surface area contributed by atoms with Crippen molar-refractivity contribution < 1.29 is 9.90 Å². The standard InChI is InChI=1S/C18H22N4O2/c1-14(13-22-10-2-9-19-22)20-18(24)21-11-7-16(8-12-21)15-3-5-17(23)6-4-15/h2-7,9-10,14,23H,8,11-13H2,1H3,(H,20,24). The number of hydrogen-bond acceptors (Lipinski definition) is 3. The highest BCUT2D eigenvalue weighted by atomic mass is 16.3. The van der Waals surface area contributed by atoms with Crippen LogP contribution in [-0.4, -0.2) is 44.9 Å². The first-order chi connectivity index (χ1) is 11.6. The second-order valence-corrected chi connectivity index (χ2v) is 6.05. The summed E-state index contributed by atoms with van der Waals surface area (Å²) < 4.78 is 1.81. The first-order valence-corrected chi connectivity index (χ1v) is 8.13. The fourth-order valence-electron chi connectivity index (χ4n) is 2.83. The summed E-state index contributed by atoms with van der Waals surface area (Å²) >= 11 is 0. The Kier molecular flexibility index (Phi) is 4.84. The molecule has 1 aliphatic rings. The number of nitrogens with one attached hydrogen (secondary N) is 1. The molecule has 0 aliphatic carbocycles. The van der Waals surface area contributed by atoms with Gasteiger partial charge in [0.05, 0.1) is 6.54 Å². The maximum atomic E-state index is 12.3. The molecule has 0 spiro atoms. The van der Waals surface area contributed by atoms with Crippen molar-refractivity contribution in [1.82, 2.24) is 20.0 Å². The Hall–Kier alpha value is -2.76. The number of nitrogens with zero attached hydrogens (tertiary/aromatic N) is 3. The van der Waals surface area contributed by atoms with E-state index in [1.807, 2.05) is 40.9 Å². The number of carbonyl (C=O) groups is 1. The zero-order valence-corrected chi connectivity index (χ0v) is 13.7. The van der Waals surface area contributed by atoms with Gasteiger partial charge in [-0.1, -0.05) is 18.2 Å². The molecule has 0 saturated carbocycles. The van der Waals surface area contributed by atoms with Gasteiger partial charge in [0.2, 0.25) is 0 Å². The van der Waals surface area contributed by atoms with Crippen LogP contribution in [0.5, 0.6) is 5.75 Å². The Balaban J connectivity index is 1.53. The number of aromatic hydroxyl groups is 1. The molecule has 0 radical (unpaired) electrons. The third-order valence-corrected chi connectivity index (χ3v) is 4.12. The van der Waals surface area contributed by atoms with Gasteiger partial charge in [-0.05, 0) is 42.7 Å². The molecule has 126 valence electrons. The Labute approximate surface area is 141 Å². The van der Waals surface area contributed by atoms with Crippen LogP contribution >= 0.6 is 0 Å². The molecule has 2 heterocycles. The summed E-state index contributed by atoms with van der Waals surface area (Å²) in [7, 11) is 0. The van der Waals surface area contributed by atoms with Crippen LogP contribution < -0.4 is 5.32 Å². The number of phenolic OH excluding ortho intramolecular Hbond substituents is 1. The highest BCUT2D eigenvalue weighted by Crippen LogP contribution is 2.24. The molecule has 1 aliphatic heterocycles. The van der Waals surface area contributed by atoms with Crippen LogP contribution in [0.4, 0.5) is 4.79 Å². The third kappa shape index (κ3) is 3.95. The van der Waals surface area contributed by atoms with Crippen molar-refractivity contribution in [1.29, 1.82) is 0 Å².